The zero-order valence-corrected chi connectivity index (χ0v) is 20.7. The number of halogens is 1. The van der Waals surface area contributed by atoms with Gasteiger partial charge in [0.1, 0.15) is 5.75 Å². The average molecular weight is 517 g/mol. The van der Waals surface area contributed by atoms with Crippen molar-refractivity contribution in [2.45, 2.75) is 26.7 Å². The van der Waals surface area contributed by atoms with E-state index in [2.05, 4.69) is 27.8 Å². The van der Waals surface area contributed by atoms with E-state index in [1.807, 2.05) is 24.3 Å². The number of ether oxygens (including phenoxy) is 2. The number of esters is 1. The lowest BCUT2D eigenvalue weighted by atomic mass is 10.2. The van der Waals surface area contributed by atoms with Crippen LogP contribution in [0.15, 0.2) is 56.8 Å². The van der Waals surface area contributed by atoms with Crippen molar-refractivity contribution < 1.29 is 19.1 Å². The Morgan fingerprint density at radius 3 is 2.75 bits per heavy atom. The van der Waals surface area contributed by atoms with Gasteiger partial charge in [0, 0.05) is 7.05 Å². The summed E-state index contributed by atoms with van der Waals surface area (Å²) in [5, 5.41) is 0.542. The molecule has 1 saturated heterocycles. The summed E-state index contributed by atoms with van der Waals surface area (Å²) in [5.74, 6) is 0.257. The van der Waals surface area contributed by atoms with Crippen molar-refractivity contribution in [1.29, 1.82) is 0 Å². The van der Waals surface area contributed by atoms with Crippen molar-refractivity contribution in [3.8, 4) is 5.75 Å². The molecule has 1 aliphatic rings. The van der Waals surface area contributed by atoms with Gasteiger partial charge in [-0.3, -0.25) is 9.69 Å². The van der Waals surface area contributed by atoms with E-state index in [9.17, 15) is 9.59 Å². The van der Waals surface area contributed by atoms with Gasteiger partial charge in [-0.15, -0.1) is 0 Å². The molecule has 1 aliphatic heterocycles. The molecule has 0 unspecified atom stereocenters. The molecule has 0 spiro atoms. The third kappa shape index (κ3) is 6.01. The maximum atomic E-state index is 12.7. The summed E-state index contributed by atoms with van der Waals surface area (Å²) in [7, 11) is 1.69. The van der Waals surface area contributed by atoms with Crippen LogP contribution in [0, 0.1) is 0 Å². The molecule has 0 aromatic heterocycles. The van der Waals surface area contributed by atoms with Crippen LogP contribution < -0.4 is 4.74 Å². The second kappa shape index (κ2) is 11.3. The molecular formula is C24H25BrN2O4S. The Morgan fingerprint density at radius 2 is 2.03 bits per heavy atom. The van der Waals surface area contributed by atoms with Crippen molar-refractivity contribution in [1.82, 2.24) is 4.90 Å². The van der Waals surface area contributed by atoms with E-state index < -0.39 is 5.97 Å². The van der Waals surface area contributed by atoms with Gasteiger partial charge in [-0.05, 0) is 83.0 Å². The number of hydrogen-bond acceptors (Lipinski definition) is 6. The van der Waals surface area contributed by atoms with E-state index >= 15 is 0 Å². The Bertz CT molecular complexity index is 1070. The number of unbranched alkanes of at least 4 members (excludes halogenated alkanes) is 1. The van der Waals surface area contributed by atoms with E-state index in [-0.39, 0.29) is 5.91 Å². The highest BCUT2D eigenvalue weighted by Gasteiger charge is 2.30. The first kappa shape index (κ1) is 24.1. The van der Waals surface area contributed by atoms with E-state index in [0.717, 1.165) is 28.6 Å². The molecule has 8 heteroatoms. The van der Waals surface area contributed by atoms with Crippen LogP contribution in [0.1, 0.15) is 42.6 Å². The molecule has 0 bridgehead atoms. The van der Waals surface area contributed by atoms with Crippen molar-refractivity contribution in [3.63, 3.8) is 0 Å². The van der Waals surface area contributed by atoms with Gasteiger partial charge < -0.3 is 9.47 Å². The minimum absolute atomic E-state index is 0.130. The second-order valence-electron chi connectivity index (χ2n) is 7.03. The molecular weight excluding hydrogens is 492 g/mol. The SMILES string of the molecule is CCCCOc1ccc(C=C2SC(=Nc3cccc(C(=O)OCC)c3)N(C)C2=O)cc1Br. The zero-order valence-electron chi connectivity index (χ0n) is 18.3. The van der Waals surface area contributed by atoms with Gasteiger partial charge in [-0.1, -0.05) is 25.5 Å². The quantitative estimate of drug-likeness (QED) is 0.243. The largest absolute Gasteiger partial charge is 0.492 e. The number of likely N-dealkylation sites (N-methyl/N-ethyl adjacent to an activating group) is 1. The third-order valence-corrected chi connectivity index (χ3v) is 6.27. The number of hydrogen-bond donors (Lipinski definition) is 0. The van der Waals surface area contributed by atoms with Crippen LogP contribution in [0.3, 0.4) is 0 Å². The van der Waals surface area contributed by atoms with E-state index in [0.29, 0.717) is 34.5 Å². The Balaban J connectivity index is 1.78. The monoisotopic (exact) mass is 516 g/mol. The fourth-order valence-corrected chi connectivity index (χ4v) is 4.38. The summed E-state index contributed by atoms with van der Waals surface area (Å²) in [4.78, 5) is 31.3. The van der Waals surface area contributed by atoms with E-state index in [4.69, 9.17) is 9.47 Å². The first-order valence-electron chi connectivity index (χ1n) is 10.4. The van der Waals surface area contributed by atoms with Gasteiger partial charge in [-0.25, -0.2) is 9.79 Å². The highest BCUT2D eigenvalue weighted by atomic mass is 79.9. The molecule has 0 radical (unpaired) electrons. The molecule has 3 rings (SSSR count). The first-order valence-corrected chi connectivity index (χ1v) is 12.0. The maximum Gasteiger partial charge on any atom is 0.338 e. The molecule has 0 N–H and O–H groups in total. The molecule has 0 atom stereocenters. The number of thioether (sulfide) groups is 1. The topological polar surface area (TPSA) is 68.2 Å². The fraction of sp³-hybridized carbons (Fsp3) is 0.292. The lowest BCUT2D eigenvalue weighted by molar-refractivity contribution is -0.121. The fourth-order valence-electron chi connectivity index (χ4n) is 2.88. The number of carbonyl (C=O) groups is 2. The minimum atomic E-state index is -0.397. The van der Waals surface area contributed by atoms with Crippen LogP contribution >= 0.6 is 27.7 Å². The van der Waals surface area contributed by atoms with Crippen molar-refractivity contribution in [3.05, 3.63) is 63.0 Å². The predicted molar refractivity (Wildman–Crippen MR) is 132 cm³/mol. The third-order valence-electron chi connectivity index (χ3n) is 4.59. The maximum absolute atomic E-state index is 12.7. The summed E-state index contributed by atoms with van der Waals surface area (Å²) in [6.07, 6.45) is 3.91. The Morgan fingerprint density at radius 1 is 1.22 bits per heavy atom. The zero-order chi connectivity index (χ0) is 23.1. The van der Waals surface area contributed by atoms with Crippen LogP contribution in [-0.2, 0) is 9.53 Å². The molecule has 0 aliphatic carbocycles. The Labute approximate surface area is 200 Å². The number of rotatable bonds is 8. The van der Waals surface area contributed by atoms with Crippen LogP contribution in [-0.4, -0.2) is 42.2 Å². The van der Waals surface area contributed by atoms with Crippen LogP contribution in [0.4, 0.5) is 5.69 Å². The number of carbonyl (C=O) groups excluding carboxylic acids is 2. The van der Waals surface area contributed by atoms with Crippen molar-refractivity contribution in [2.24, 2.45) is 4.99 Å². The average Bonchev–Trinajstić information content (AvgIpc) is 3.03. The van der Waals surface area contributed by atoms with Gasteiger partial charge in [0.2, 0.25) is 0 Å². The molecule has 32 heavy (non-hydrogen) atoms. The van der Waals surface area contributed by atoms with E-state index in [1.54, 1.807) is 38.2 Å². The summed E-state index contributed by atoms with van der Waals surface area (Å²) in [6, 6.07) is 12.6. The summed E-state index contributed by atoms with van der Waals surface area (Å²) in [5.41, 5.74) is 1.89. The van der Waals surface area contributed by atoms with Crippen LogP contribution in [0.2, 0.25) is 0 Å². The summed E-state index contributed by atoms with van der Waals surface area (Å²) in [6.45, 7) is 4.86. The van der Waals surface area contributed by atoms with Gasteiger partial charge in [0.25, 0.3) is 5.91 Å². The number of aliphatic imine (C=N–C) groups is 1. The van der Waals surface area contributed by atoms with Crippen molar-refractivity contribution >= 4 is 56.5 Å². The molecule has 2 aromatic carbocycles. The first-order chi connectivity index (χ1) is 15.4. The minimum Gasteiger partial charge on any atom is -0.492 e. The second-order valence-corrected chi connectivity index (χ2v) is 8.90. The Kier molecular flexibility index (Phi) is 8.53. The standard InChI is InChI=1S/C24H25BrN2O4S/c1-4-6-12-31-20-11-10-16(13-19(20)25)14-21-22(28)27(3)24(32-21)26-18-9-7-8-17(15-18)23(29)30-5-2/h7-11,13-15H,4-6,12H2,1-3H3. The number of nitrogens with zero attached hydrogens (tertiary/aromatic N) is 2. The molecule has 2 aromatic rings. The lowest BCUT2D eigenvalue weighted by Crippen LogP contribution is -2.23. The predicted octanol–water partition coefficient (Wildman–Crippen LogP) is 6.04. The van der Waals surface area contributed by atoms with Crippen LogP contribution in [0.25, 0.3) is 6.08 Å². The Hall–Kier alpha value is -2.58. The molecule has 1 amide bonds. The van der Waals surface area contributed by atoms with Gasteiger partial charge in [0.05, 0.1) is 33.8 Å². The van der Waals surface area contributed by atoms with Crippen LogP contribution in [0.5, 0.6) is 5.75 Å². The summed E-state index contributed by atoms with van der Waals surface area (Å²) < 4.78 is 11.7. The molecule has 0 saturated carbocycles. The smallest absolute Gasteiger partial charge is 0.338 e. The van der Waals surface area contributed by atoms with Gasteiger partial charge in [-0.2, -0.15) is 0 Å². The number of amides is 1. The normalized spacial score (nSPS) is 16.1. The number of benzene rings is 2. The number of amidine groups is 1. The highest BCUT2D eigenvalue weighted by Crippen LogP contribution is 2.34. The van der Waals surface area contributed by atoms with E-state index in [1.165, 1.54) is 16.7 Å². The van der Waals surface area contributed by atoms with Gasteiger partial charge in [0.15, 0.2) is 5.17 Å². The molecule has 1 fully saturated rings. The molecule has 1 heterocycles. The summed E-state index contributed by atoms with van der Waals surface area (Å²) >= 11 is 4.84. The molecule has 6 nitrogen and oxygen atoms in total. The highest BCUT2D eigenvalue weighted by molar-refractivity contribution is 9.10. The van der Waals surface area contributed by atoms with Crippen molar-refractivity contribution in [2.75, 3.05) is 20.3 Å². The van der Waals surface area contributed by atoms with Gasteiger partial charge >= 0.3 is 5.97 Å². The molecule has 168 valence electrons. The lowest BCUT2D eigenvalue weighted by Gasteiger charge is -2.08.